The lowest BCUT2D eigenvalue weighted by Crippen LogP contribution is -2.41. The molecular weight excluding hydrogens is 299 g/mol. The third kappa shape index (κ3) is 3.37. The van der Waals surface area contributed by atoms with E-state index < -0.39 is 5.41 Å². The molecule has 0 aromatic heterocycles. The maximum absolute atomic E-state index is 12.4. The second-order valence-electron chi connectivity index (χ2n) is 4.62. The Morgan fingerprint density at radius 1 is 1.30 bits per heavy atom. The van der Waals surface area contributed by atoms with Gasteiger partial charge in [0, 0.05) is 12.2 Å². The second kappa shape index (κ2) is 7.16. The lowest BCUT2D eigenvalue weighted by atomic mass is 9.81. The van der Waals surface area contributed by atoms with E-state index in [1.54, 1.807) is 12.1 Å². The maximum Gasteiger partial charge on any atom is 0.231 e. The van der Waals surface area contributed by atoms with Crippen LogP contribution in [-0.2, 0) is 4.79 Å². The monoisotopic (exact) mass is 318 g/mol. The number of rotatable bonds is 6. The highest BCUT2D eigenvalue weighted by Crippen LogP contribution is 2.36. The van der Waals surface area contributed by atoms with Crippen LogP contribution in [0, 0.1) is 5.41 Å². The van der Waals surface area contributed by atoms with Gasteiger partial charge in [-0.1, -0.05) is 37.0 Å². The third-order valence-corrected chi connectivity index (χ3v) is 4.25. The molecule has 0 heterocycles. The van der Waals surface area contributed by atoms with Crippen LogP contribution in [-0.4, -0.2) is 19.6 Å². The first-order valence-electron chi connectivity index (χ1n) is 6.48. The Labute approximate surface area is 129 Å². The fourth-order valence-electron chi connectivity index (χ4n) is 2.04. The normalized spacial score (nSPS) is 11.3. The molecule has 0 aliphatic rings. The summed E-state index contributed by atoms with van der Waals surface area (Å²) < 4.78 is 5.07. The number of halogens is 2. The highest BCUT2D eigenvalue weighted by atomic mass is 35.5. The van der Waals surface area contributed by atoms with Crippen LogP contribution in [0.3, 0.4) is 0 Å². The van der Waals surface area contributed by atoms with Crippen LogP contribution in [0.15, 0.2) is 12.1 Å². The minimum absolute atomic E-state index is 0.123. The van der Waals surface area contributed by atoms with E-state index in [0.717, 1.165) is 0 Å². The molecule has 4 nitrogen and oxygen atoms in total. The Morgan fingerprint density at radius 3 is 2.15 bits per heavy atom. The first-order chi connectivity index (χ1) is 9.43. The standard InChI is InChI=1S/C14H20Cl2N2O2/c1-4-14(5-2,8-17)13(19)18-9-6-10(15)12(20-3)11(16)7-9/h6-7H,4-5,8,17H2,1-3H3,(H,18,19). The van der Waals surface area contributed by atoms with Crippen molar-refractivity contribution in [2.45, 2.75) is 26.7 Å². The molecular formula is C14H20Cl2N2O2. The van der Waals surface area contributed by atoms with Gasteiger partial charge >= 0.3 is 0 Å². The van der Waals surface area contributed by atoms with Gasteiger partial charge < -0.3 is 15.8 Å². The number of methoxy groups -OCH3 is 1. The predicted molar refractivity (Wildman–Crippen MR) is 83.7 cm³/mol. The molecule has 0 saturated carbocycles. The molecule has 0 spiro atoms. The second-order valence-corrected chi connectivity index (χ2v) is 5.43. The fourth-order valence-corrected chi connectivity index (χ4v) is 2.68. The largest absolute Gasteiger partial charge is 0.494 e. The number of nitrogens with one attached hydrogen (secondary N) is 1. The molecule has 1 rings (SSSR count). The molecule has 0 aliphatic carbocycles. The van der Waals surface area contributed by atoms with E-state index in [-0.39, 0.29) is 5.91 Å². The van der Waals surface area contributed by atoms with E-state index in [0.29, 0.717) is 40.9 Å². The van der Waals surface area contributed by atoms with Gasteiger partial charge in [-0.2, -0.15) is 0 Å². The highest BCUT2D eigenvalue weighted by molar-refractivity contribution is 6.37. The lowest BCUT2D eigenvalue weighted by Gasteiger charge is -2.28. The number of hydrogen-bond donors (Lipinski definition) is 2. The molecule has 0 bridgehead atoms. The highest BCUT2D eigenvalue weighted by Gasteiger charge is 2.33. The van der Waals surface area contributed by atoms with Crippen molar-refractivity contribution < 1.29 is 9.53 Å². The molecule has 0 fully saturated rings. The first-order valence-corrected chi connectivity index (χ1v) is 7.24. The molecule has 3 N–H and O–H groups in total. The number of ether oxygens (including phenoxy) is 1. The molecule has 0 aliphatic heterocycles. The molecule has 1 amide bonds. The van der Waals surface area contributed by atoms with Gasteiger partial charge in [-0.15, -0.1) is 0 Å². The molecule has 0 atom stereocenters. The van der Waals surface area contributed by atoms with E-state index in [1.165, 1.54) is 7.11 Å². The van der Waals surface area contributed by atoms with Crippen molar-refractivity contribution in [2.24, 2.45) is 11.1 Å². The fraction of sp³-hybridized carbons (Fsp3) is 0.500. The minimum Gasteiger partial charge on any atom is -0.494 e. The van der Waals surface area contributed by atoms with Gasteiger partial charge in [0.25, 0.3) is 0 Å². The average molecular weight is 319 g/mol. The summed E-state index contributed by atoms with van der Waals surface area (Å²) in [7, 11) is 1.49. The van der Waals surface area contributed by atoms with E-state index >= 15 is 0 Å². The molecule has 0 saturated heterocycles. The SMILES string of the molecule is CCC(CC)(CN)C(=O)Nc1cc(Cl)c(OC)c(Cl)c1. The van der Waals surface area contributed by atoms with Crippen LogP contribution in [0.5, 0.6) is 5.75 Å². The summed E-state index contributed by atoms with van der Waals surface area (Å²) in [4.78, 5) is 12.4. The quantitative estimate of drug-likeness (QED) is 0.840. The smallest absolute Gasteiger partial charge is 0.231 e. The zero-order chi connectivity index (χ0) is 15.3. The topological polar surface area (TPSA) is 64.4 Å². The van der Waals surface area contributed by atoms with Gasteiger partial charge in [0.1, 0.15) is 0 Å². The summed E-state index contributed by atoms with van der Waals surface area (Å²) in [5.41, 5.74) is 5.72. The van der Waals surface area contributed by atoms with Gasteiger partial charge in [-0.25, -0.2) is 0 Å². The molecule has 1 aromatic carbocycles. The zero-order valence-corrected chi connectivity index (χ0v) is 13.4. The summed E-state index contributed by atoms with van der Waals surface area (Å²) in [6, 6.07) is 3.22. The molecule has 6 heteroatoms. The average Bonchev–Trinajstić information content (AvgIpc) is 2.41. The number of anilines is 1. The predicted octanol–water partition coefficient (Wildman–Crippen LogP) is 3.71. The number of nitrogens with two attached hydrogens (primary N) is 1. The van der Waals surface area contributed by atoms with Gasteiger partial charge in [0.05, 0.1) is 22.6 Å². The van der Waals surface area contributed by atoms with Gasteiger partial charge in [-0.05, 0) is 25.0 Å². The summed E-state index contributed by atoms with van der Waals surface area (Å²) in [5, 5.41) is 3.52. The van der Waals surface area contributed by atoms with Crippen LogP contribution in [0.2, 0.25) is 10.0 Å². The molecule has 0 radical (unpaired) electrons. The van der Waals surface area contributed by atoms with Gasteiger partial charge in [-0.3, -0.25) is 4.79 Å². The zero-order valence-electron chi connectivity index (χ0n) is 11.9. The van der Waals surface area contributed by atoms with Crippen molar-refractivity contribution in [3.05, 3.63) is 22.2 Å². The van der Waals surface area contributed by atoms with Crippen molar-refractivity contribution in [1.82, 2.24) is 0 Å². The van der Waals surface area contributed by atoms with Crippen LogP contribution in [0.4, 0.5) is 5.69 Å². The van der Waals surface area contributed by atoms with Gasteiger partial charge in [0.2, 0.25) is 5.91 Å². The molecule has 112 valence electrons. The van der Waals surface area contributed by atoms with Crippen molar-refractivity contribution in [3.8, 4) is 5.75 Å². The van der Waals surface area contributed by atoms with Gasteiger partial charge in [0.15, 0.2) is 5.75 Å². The van der Waals surface area contributed by atoms with Crippen LogP contribution < -0.4 is 15.8 Å². The molecule has 20 heavy (non-hydrogen) atoms. The minimum atomic E-state index is -0.571. The summed E-state index contributed by atoms with van der Waals surface area (Å²) >= 11 is 12.1. The molecule has 0 unspecified atom stereocenters. The number of hydrogen-bond acceptors (Lipinski definition) is 3. The summed E-state index contributed by atoms with van der Waals surface area (Å²) in [5.74, 6) is 0.268. The lowest BCUT2D eigenvalue weighted by molar-refractivity contribution is -0.125. The van der Waals surface area contributed by atoms with E-state index in [1.807, 2.05) is 13.8 Å². The molecule has 1 aromatic rings. The third-order valence-electron chi connectivity index (χ3n) is 3.69. The Bertz CT molecular complexity index is 457. The van der Waals surface area contributed by atoms with Crippen molar-refractivity contribution in [3.63, 3.8) is 0 Å². The number of carbonyl (C=O) groups is 1. The van der Waals surface area contributed by atoms with Crippen molar-refractivity contribution in [1.29, 1.82) is 0 Å². The summed E-state index contributed by atoms with van der Waals surface area (Å²) in [6.07, 6.45) is 1.34. The number of amides is 1. The van der Waals surface area contributed by atoms with Crippen molar-refractivity contribution >= 4 is 34.8 Å². The van der Waals surface area contributed by atoms with Crippen LogP contribution >= 0.6 is 23.2 Å². The van der Waals surface area contributed by atoms with E-state index in [9.17, 15) is 4.79 Å². The van der Waals surface area contributed by atoms with Crippen LogP contribution in [0.25, 0.3) is 0 Å². The Morgan fingerprint density at radius 2 is 1.80 bits per heavy atom. The number of carbonyl (C=O) groups excluding carboxylic acids is 1. The van der Waals surface area contributed by atoms with E-state index in [2.05, 4.69) is 5.32 Å². The first kappa shape index (κ1) is 17.1. The van der Waals surface area contributed by atoms with Crippen LogP contribution in [0.1, 0.15) is 26.7 Å². The summed E-state index contributed by atoms with van der Waals surface area (Å²) in [6.45, 7) is 4.19. The Hall–Kier alpha value is -0.970. The van der Waals surface area contributed by atoms with E-state index in [4.69, 9.17) is 33.7 Å². The van der Waals surface area contributed by atoms with Crippen molar-refractivity contribution in [2.75, 3.05) is 19.0 Å². The maximum atomic E-state index is 12.4. The Kier molecular flexibility index (Phi) is 6.11. The Balaban J connectivity index is 3.02. The number of benzene rings is 1.